The number of nitrogens with one attached hydrogen (secondary N) is 2. The Labute approximate surface area is 117 Å². The van der Waals surface area contributed by atoms with Crippen LogP contribution >= 0.6 is 12.4 Å². The highest BCUT2D eigenvalue weighted by molar-refractivity contribution is 5.92. The molecule has 1 heterocycles. The van der Waals surface area contributed by atoms with Crippen LogP contribution in [0.15, 0.2) is 12.1 Å². The molecule has 0 aliphatic rings. The Hall–Kier alpha value is -1.60. The molecule has 108 valence electrons. The van der Waals surface area contributed by atoms with Gasteiger partial charge in [0.1, 0.15) is 0 Å². The van der Waals surface area contributed by atoms with Crippen LogP contribution in [0.1, 0.15) is 37.2 Å². The van der Waals surface area contributed by atoms with Gasteiger partial charge in [0.2, 0.25) is 0 Å². The summed E-state index contributed by atoms with van der Waals surface area (Å²) in [4.78, 5) is 24.1. The van der Waals surface area contributed by atoms with Gasteiger partial charge in [0.05, 0.1) is 0 Å². The molecule has 0 fully saturated rings. The largest absolute Gasteiger partial charge is 0.358 e. The molecule has 0 aromatic carbocycles. The summed E-state index contributed by atoms with van der Waals surface area (Å²) < 4.78 is 0. The Kier molecular flexibility index (Phi) is 6.51. The molecule has 0 saturated carbocycles. The van der Waals surface area contributed by atoms with Gasteiger partial charge in [0.15, 0.2) is 5.69 Å². The molecule has 0 aliphatic heterocycles. The van der Waals surface area contributed by atoms with Gasteiger partial charge < -0.3 is 21.2 Å². The van der Waals surface area contributed by atoms with Crippen molar-refractivity contribution in [2.45, 2.75) is 32.2 Å². The molecule has 1 aromatic rings. The number of carbonyl (C=O) groups is 1. The van der Waals surface area contributed by atoms with Crippen molar-refractivity contribution < 1.29 is 9.72 Å². The molecule has 0 bridgehead atoms. The molecule has 0 unspecified atom stereocenters. The van der Waals surface area contributed by atoms with Crippen LogP contribution in [0.2, 0.25) is 0 Å². The molecule has 0 aliphatic carbocycles. The Balaban J connectivity index is 0.00000324. The first-order valence-corrected chi connectivity index (χ1v) is 5.82. The van der Waals surface area contributed by atoms with Gasteiger partial charge in [0, 0.05) is 18.2 Å². The first-order valence-electron chi connectivity index (χ1n) is 5.82. The van der Waals surface area contributed by atoms with Gasteiger partial charge in [0.25, 0.3) is 5.91 Å². The van der Waals surface area contributed by atoms with Gasteiger partial charge in [-0.2, -0.15) is 0 Å². The van der Waals surface area contributed by atoms with E-state index in [1.807, 2.05) is 13.8 Å². The number of nitro groups is 1. The van der Waals surface area contributed by atoms with Crippen LogP contribution in [0.4, 0.5) is 5.82 Å². The minimum absolute atomic E-state index is 0. The highest BCUT2D eigenvalue weighted by atomic mass is 35.5. The van der Waals surface area contributed by atoms with Crippen molar-refractivity contribution in [3.8, 4) is 0 Å². The molecule has 0 atom stereocenters. The lowest BCUT2D eigenvalue weighted by molar-refractivity contribution is -0.389. The van der Waals surface area contributed by atoms with Crippen LogP contribution in [0.25, 0.3) is 0 Å². The highest BCUT2D eigenvalue weighted by Gasteiger charge is 2.22. The summed E-state index contributed by atoms with van der Waals surface area (Å²) in [5.74, 6) is -0.593. The van der Waals surface area contributed by atoms with E-state index in [0.29, 0.717) is 6.54 Å². The maximum absolute atomic E-state index is 11.7. The summed E-state index contributed by atoms with van der Waals surface area (Å²) in [5.41, 5.74) is 5.77. The lowest BCUT2D eigenvalue weighted by Crippen LogP contribution is -2.49. The number of aromatic amines is 1. The summed E-state index contributed by atoms with van der Waals surface area (Å²) in [6.45, 7) is 4.25. The zero-order valence-electron chi connectivity index (χ0n) is 10.9. The fourth-order valence-electron chi connectivity index (χ4n) is 1.47. The summed E-state index contributed by atoms with van der Waals surface area (Å²) in [6, 6.07) is 2.63. The summed E-state index contributed by atoms with van der Waals surface area (Å²) >= 11 is 0. The van der Waals surface area contributed by atoms with Crippen LogP contribution in [0.3, 0.4) is 0 Å². The number of aromatic nitrogens is 1. The molecule has 7 nitrogen and oxygen atoms in total. The monoisotopic (exact) mass is 290 g/mol. The number of nitrogens with zero attached hydrogens (tertiary/aromatic N) is 1. The summed E-state index contributed by atoms with van der Waals surface area (Å²) in [7, 11) is 0. The molecule has 1 aromatic heterocycles. The Morgan fingerprint density at radius 3 is 2.47 bits per heavy atom. The fourth-order valence-corrected chi connectivity index (χ4v) is 1.47. The zero-order valence-corrected chi connectivity index (χ0v) is 11.8. The second-order valence-electron chi connectivity index (χ2n) is 4.27. The first kappa shape index (κ1) is 17.4. The predicted octanol–water partition coefficient (Wildman–Crippen LogP) is 1.59. The zero-order chi connectivity index (χ0) is 13.8. The Morgan fingerprint density at radius 2 is 2.05 bits per heavy atom. The van der Waals surface area contributed by atoms with Gasteiger partial charge >= 0.3 is 5.82 Å². The second-order valence-corrected chi connectivity index (χ2v) is 4.27. The van der Waals surface area contributed by atoms with E-state index in [9.17, 15) is 14.9 Å². The van der Waals surface area contributed by atoms with Crippen molar-refractivity contribution in [1.29, 1.82) is 0 Å². The molecule has 19 heavy (non-hydrogen) atoms. The number of hydrogen-bond donors (Lipinski definition) is 3. The predicted molar refractivity (Wildman–Crippen MR) is 74.5 cm³/mol. The van der Waals surface area contributed by atoms with Crippen LogP contribution in [0, 0.1) is 10.1 Å². The average Bonchev–Trinajstić information content (AvgIpc) is 2.85. The Bertz CT molecular complexity index is 443. The summed E-state index contributed by atoms with van der Waals surface area (Å²) in [5, 5.41) is 13.1. The topological polar surface area (TPSA) is 114 Å². The van der Waals surface area contributed by atoms with Crippen LogP contribution in [-0.4, -0.2) is 27.9 Å². The molecule has 1 amide bonds. The van der Waals surface area contributed by atoms with E-state index in [1.165, 1.54) is 12.1 Å². The second kappa shape index (κ2) is 7.10. The first-order chi connectivity index (χ1) is 8.41. The van der Waals surface area contributed by atoms with Crippen molar-refractivity contribution in [3.05, 3.63) is 27.9 Å². The number of H-pyrrole nitrogens is 1. The average molecular weight is 291 g/mol. The van der Waals surface area contributed by atoms with E-state index in [0.717, 1.165) is 12.8 Å². The minimum Gasteiger partial charge on any atom is -0.358 e. The van der Waals surface area contributed by atoms with Gasteiger partial charge in [-0.15, -0.1) is 12.4 Å². The van der Waals surface area contributed by atoms with Gasteiger partial charge in [-0.3, -0.25) is 4.79 Å². The molecule has 4 N–H and O–H groups in total. The Morgan fingerprint density at radius 1 is 1.47 bits per heavy atom. The third kappa shape index (κ3) is 4.53. The molecule has 0 spiro atoms. The van der Waals surface area contributed by atoms with E-state index >= 15 is 0 Å². The maximum Gasteiger partial charge on any atom is 0.321 e. The molecular formula is C11H19ClN4O3. The van der Waals surface area contributed by atoms with Crippen molar-refractivity contribution >= 4 is 24.1 Å². The van der Waals surface area contributed by atoms with Crippen LogP contribution in [0.5, 0.6) is 0 Å². The van der Waals surface area contributed by atoms with Crippen molar-refractivity contribution in [2.24, 2.45) is 5.73 Å². The maximum atomic E-state index is 11.7. The minimum atomic E-state index is -0.581. The van der Waals surface area contributed by atoms with Crippen LogP contribution in [-0.2, 0) is 0 Å². The van der Waals surface area contributed by atoms with E-state index in [-0.39, 0.29) is 29.8 Å². The molecular weight excluding hydrogens is 272 g/mol. The molecule has 1 rings (SSSR count). The standard InChI is InChI=1S/C11H18N4O3.ClH/c1-3-11(12,4-2)7-13-10(16)8-5-6-9(14-8)15(17)18;/h5-6,14H,3-4,7,12H2,1-2H3,(H,13,16);1H. The van der Waals surface area contributed by atoms with Crippen molar-refractivity contribution in [3.63, 3.8) is 0 Å². The van der Waals surface area contributed by atoms with Gasteiger partial charge in [-0.05, 0) is 23.8 Å². The lowest BCUT2D eigenvalue weighted by atomic mass is 9.94. The van der Waals surface area contributed by atoms with Gasteiger partial charge in [-0.1, -0.05) is 13.8 Å². The summed E-state index contributed by atoms with van der Waals surface area (Å²) in [6.07, 6.45) is 1.49. The lowest BCUT2D eigenvalue weighted by Gasteiger charge is -2.26. The number of hydrogen-bond acceptors (Lipinski definition) is 4. The normalized spacial score (nSPS) is 10.7. The number of nitrogens with two attached hydrogens (primary N) is 1. The number of rotatable bonds is 6. The van der Waals surface area contributed by atoms with Crippen molar-refractivity contribution in [2.75, 3.05) is 6.54 Å². The SMILES string of the molecule is CCC(N)(CC)CNC(=O)c1ccc([N+](=O)[O-])[nH]1.Cl. The quantitative estimate of drug-likeness (QED) is 0.545. The third-order valence-electron chi connectivity index (χ3n) is 3.12. The van der Waals surface area contributed by atoms with Crippen molar-refractivity contribution in [1.82, 2.24) is 10.3 Å². The molecule has 0 radical (unpaired) electrons. The highest BCUT2D eigenvalue weighted by Crippen LogP contribution is 2.12. The third-order valence-corrected chi connectivity index (χ3v) is 3.12. The van der Waals surface area contributed by atoms with E-state index in [4.69, 9.17) is 5.73 Å². The van der Waals surface area contributed by atoms with Gasteiger partial charge in [-0.25, -0.2) is 4.98 Å². The van der Waals surface area contributed by atoms with E-state index in [1.54, 1.807) is 0 Å². The van der Waals surface area contributed by atoms with E-state index in [2.05, 4.69) is 10.3 Å². The number of halogens is 1. The number of carbonyl (C=O) groups excluding carboxylic acids is 1. The fraction of sp³-hybridized carbons (Fsp3) is 0.545. The molecule has 0 saturated heterocycles. The van der Waals surface area contributed by atoms with E-state index < -0.39 is 10.5 Å². The van der Waals surface area contributed by atoms with Crippen LogP contribution < -0.4 is 11.1 Å². The molecule has 8 heteroatoms. The number of amides is 1. The smallest absolute Gasteiger partial charge is 0.321 e.